The van der Waals surface area contributed by atoms with Gasteiger partial charge in [0.05, 0.1) is 11.8 Å². The fourth-order valence-electron chi connectivity index (χ4n) is 3.19. The van der Waals surface area contributed by atoms with Crippen LogP contribution in [0.5, 0.6) is 5.75 Å². The third kappa shape index (κ3) is 3.39. The van der Waals surface area contributed by atoms with E-state index in [1.807, 2.05) is 6.07 Å². The number of methoxy groups -OCH3 is 1. The number of nitrogens with zero attached hydrogens (tertiary/aromatic N) is 3. The molecule has 0 aliphatic carbocycles. The van der Waals surface area contributed by atoms with Crippen molar-refractivity contribution in [3.8, 4) is 5.75 Å². The fourth-order valence-corrected chi connectivity index (χ4v) is 4.30. The zero-order valence-electron chi connectivity index (χ0n) is 14.4. The summed E-state index contributed by atoms with van der Waals surface area (Å²) in [7, 11) is 1.71. The molecule has 0 amide bonds. The summed E-state index contributed by atoms with van der Waals surface area (Å²) in [5.41, 5.74) is 3.56. The summed E-state index contributed by atoms with van der Waals surface area (Å²) in [4.78, 5) is 9.70. The van der Waals surface area contributed by atoms with E-state index in [0.29, 0.717) is 0 Å². The Morgan fingerprint density at radius 3 is 2.32 bits per heavy atom. The number of hydrogen-bond donors (Lipinski definition) is 0. The van der Waals surface area contributed by atoms with Crippen molar-refractivity contribution < 1.29 is 4.74 Å². The molecule has 6 heteroatoms. The zero-order chi connectivity index (χ0) is 16.5. The molecule has 0 saturated carbocycles. The number of fused-ring (bicyclic) bond motifs is 1. The molecule has 0 radical (unpaired) electrons. The fraction of sp³-hybridized carbons (Fsp3) is 0.316. The normalized spacial score (nSPS) is 14.5. The van der Waals surface area contributed by atoms with Gasteiger partial charge in [-0.25, -0.2) is 4.98 Å². The van der Waals surface area contributed by atoms with Crippen LogP contribution in [0.4, 0.5) is 10.8 Å². The Bertz CT molecular complexity index is 845. The molecular formula is C19H22ClN3OS. The van der Waals surface area contributed by atoms with Crippen LogP contribution >= 0.6 is 23.7 Å². The molecule has 1 aliphatic heterocycles. The van der Waals surface area contributed by atoms with Crippen LogP contribution in [0.1, 0.15) is 5.56 Å². The summed E-state index contributed by atoms with van der Waals surface area (Å²) >= 11 is 1.77. The molecule has 1 aliphatic rings. The summed E-state index contributed by atoms with van der Waals surface area (Å²) in [5.74, 6) is 0.862. The third-order valence-corrected chi connectivity index (χ3v) is 5.84. The summed E-state index contributed by atoms with van der Waals surface area (Å²) in [5, 5.41) is 1.10. The summed E-state index contributed by atoms with van der Waals surface area (Å²) in [6.45, 7) is 6.18. The molecule has 4 nitrogen and oxygen atoms in total. The SMILES string of the molecule is COc1ccc(C)c2sc(N3CCN(c4ccccc4)CC3)nc12.Cl. The van der Waals surface area contributed by atoms with Crippen molar-refractivity contribution in [3.05, 3.63) is 48.0 Å². The molecule has 0 unspecified atom stereocenters. The van der Waals surface area contributed by atoms with E-state index < -0.39 is 0 Å². The molecule has 1 aromatic heterocycles. The van der Waals surface area contributed by atoms with E-state index in [1.54, 1.807) is 18.4 Å². The lowest BCUT2D eigenvalue weighted by atomic mass is 10.2. The van der Waals surface area contributed by atoms with Crippen LogP contribution in [0.3, 0.4) is 0 Å². The minimum Gasteiger partial charge on any atom is -0.494 e. The van der Waals surface area contributed by atoms with E-state index in [-0.39, 0.29) is 12.4 Å². The second-order valence-corrected chi connectivity index (χ2v) is 7.05. The van der Waals surface area contributed by atoms with Gasteiger partial charge in [-0.2, -0.15) is 0 Å². The summed E-state index contributed by atoms with van der Waals surface area (Å²) in [6, 6.07) is 14.7. The number of thiazole rings is 1. The molecule has 0 N–H and O–H groups in total. The van der Waals surface area contributed by atoms with Crippen molar-refractivity contribution in [2.45, 2.75) is 6.92 Å². The number of hydrogen-bond acceptors (Lipinski definition) is 5. The number of aromatic nitrogens is 1. The topological polar surface area (TPSA) is 28.6 Å². The highest BCUT2D eigenvalue weighted by atomic mass is 35.5. The lowest BCUT2D eigenvalue weighted by molar-refractivity contribution is 0.419. The Morgan fingerprint density at radius 2 is 1.64 bits per heavy atom. The number of piperazine rings is 1. The minimum absolute atomic E-state index is 0. The molecule has 0 atom stereocenters. The maximum absolute atomic E-state index is 5.48. The van der Waals surface area contributed by atoms with Gasteiger partial charge in [-0.05, 0) is 30.7 Å². The van der Waals surface area contributed by atoms with Crippen molar-refractivity contribution >= 4 is 44.8 Å². The van der Waals surface area contributed by atoms with Crippen molar-refractivity contribution in [2.24, 2.45) is 0 Å². The van der Waals surface area contributed by atoms with Gasteiger partial charge in [0.25, 0.3) is 0 Å². The number of halogens is 1. The number of ether oxygens (including phenoxy) is 1. The molecule has 1 saturated heterocycles. The zero-order valence-corrected chi connectivity index (χ0v) is 16.1. The molecule has 132 valence electrons. The van der Waals surface area contributed by atoms with Crippen LogP contribution in [0, 0.1) is 6.92 Å². The van der Waals surface area contributed by atoms with Gasteiger partial charge in [0.15, 0.2) is 5.13 Å². The lowest BCUT2D eigenvalue weighted by Crippen LogP contribution is -2.46. The van der Waals surface area contributed by atoms with Crippen molar-refractivity contribution in [1.82, 2.24) is 4.98 Å². The van der Waals surface area contributed by atoms with E-state index in [0.717, 1.165) is 42.6 Å². The van der Waals surface area contributed by atoms with Crippen LogP contribution in [-0.4, -0.2) is 38.3 Å². The van der Waals surface area contributed by atoms with Gasteiger partial charge in [-0.15, -0.1) is 12.4 Å². The standard InChI is InChI=1S/C19H21N3OS.ClH/c1-14-8-9-16(23-2)17-18(14)24-19(20-17)22-12-10-21(11-13-22)15-6-4-3-5-7-15;/h3-9H,10-13H2,1-2H3;1H. The Hall–Kier alpha value is -1.98. The van der Waals surface area contributed by atoms with Crippen LogP contribution in [0.25, 0.3) is 10.2 Å². The van der Waals surface area contributed by atoms with Crippen LogP contribution < -0.4 is 14.5 Å². The number of benzene rings is 2. The molecular weight excluding hydrogens is 354 g/mol. The smallest absolute Gasteiger partial charge is 0.186 e. The number of anilines is 2. The second-order valence-electron chi connectivity index (χ2n) is 6.07. The quantitative estimate of drug-likeness (QED) is 0.680. The van der Waals surface area contributed by atoms with E-state index >= 15 is 0 Å². The molecule has 1 fully saturated rings. The minimum atomic E-state index is 0. The van der Waals surface area contributed by atoms with E-state index in [9.17, 15) is 0 Å². The average Bonchev–Trinajstić information content (AvgIpc) is 3.09. The number of rotatable bonds is 3. The highest BCUT2D eigenvalue weighted by molar-refractivity contribution is 7.22. The first-order valence-corrected chi connectivity index (χ1v) is 9.07. The van der Waals surface area contributed by atoms with Crippen LogP contribution in [0.15, 0.2) is 42.5 Å². The summed E-state index contributed by atoms with van der Waals surface area (Å²) < 4.78 is 6.71. The first kappa shape index (κ1) is 17.8. The number of para-hydroxylation sites is 1. The number of aryl methyl sites for hydroxylation is 1. The molecule has 2 aromatic carbocycles. The first-order valence-electron chi connectivity index (χ1n) is 8.25. The first-order chi connectivity index (χ1) is 11.8. The lowest BCUT2D eigenvalue weighted by Gasteiger charge is -2.35. The van der Waals surface area contributed by atoms with Gasteiger partial charge in [-0.3, -0.25) is 0 Å². The van der Waals surface area contributed by atoms with Crippen LogP contribution in [-0.2, 0) is 0 Å². The second kappa shape index (κ2) is 7.50. The Morgan fingerprint density at radius 1 is 0.960 bits per heavy atom. The highest BCUT2D eigenvalue weighted by Gasteiger charge is 2.21. The summed E-state index contributed by atoms with van der Waals surface area (Å²) in [6.07, 6.45) is 0. The van der Waals surface area contributed by atoms with Crippen molar-refractivity contribution in [2.75, 3.05) is 43.1 Å². The predicted octanol–water partition coefficient (Wildman–Crippen LogP) is 4.36. The van der Waals surface area contributed by atoms with Gasteiger partial charge in [0.1, 0.15) is 11.3 Å². The van der Waals surface area contributed by atoms with E-state index in [2.05, 4.69) is 53.1 Å². The van der Waals surface area contributed by atoms with E-state index in [1.165, 1.54) is 16.0 Å². The predicted molar refractivity (Wildman–Crippen MR) is 109 cm³/mol. The van der Waals surface area contributed by atoms with Crippen LogP contribution in [0.2, 0.25) is 0 Å². The van der Waals surface area contributed by atoms with Crippen molar-refractivity contribution in [1.29, 1.82) is 0 Å². The molecule has 3 aromatic rings. The Kier molecular flexibility index (Phi) is 5.35. The molecule has 25 heavy (non-hydrogen) atoms. The van der Waals surface area contributed by atoms with Gasteiger partial charge in [0, 0.05) is 31.9 Å². The van der Waals surface area contributed by atoms with E-state index in [4.69, 9.17) is 9.72 Å². The van der Waals surface area contributed by atoms with Crippen molar-refractivity contribution in [3.63, 3.8) is 0 Å². The van der Waals surface area contributed by atoms with Gasteiger partial charge >= 0.3 is 0 Å². The molecule has 2 heterocycles. The Labute approximate surface area is 158 Å². The monoisotopic (exact) mass is 375 g/mol. The highest BCUT2D eigenvalue weighted by Crippen LogP contribution is 2.36. The maximum Gasteiger partial charge on any atom is 0.186 e. The van der Waals surface area contributed by atoms with Gasteiger partial charge in [-0.1, -0.05) is 35.6 Å². The molecule has 0 spiro atoms. The largest absolute Gasteiger partial charge is 0.494 e. The third-order valence-electron chi connectivity index (χ3n) is 4.58. The average molecular weight is 376 g/mol. The maximum atomic E-state index is 5.48. The molecule has 4 rings (SSSR count). The van der Waals surface area contributed by atoms with Gasteiger partial charge < -0.3 is 14.5 Å². The van der Waals surface area contributed by atoms with Gasteiger partial charge in [0.2, 0.25) is 0 Å². The molecule has 0 bridgehead atoms. The Balaban J connectivity index is 0.00000182.